The molecule has 1 aliphatic rings. The highest BCUT2D eigenvalue weighted by Crippen LogP contribution is 2.28. The van der Waals surface area contributed by atoms with E-state index in [-0.39, 0.29) is 6.61 Å². The number of carbonyl (C=O) groups excluding carboxylic acids is 1. The van der Waals surface area contributed by atoms with Crippen molar-refractivity contribution >= 4 is 39.8 Å². The molecule has 1 aromatic carbocycles. The lowest BCUT2D eigenvalue weighted by atomic mass is 10.1. The molecule has 0 radical (unpaired) electrons. The van der Waals surface area contributed by atoms with Gasteiger partial charge in [-0.15, -0.1) is 0 Å². The number of hydrogen-bond acceptors (Lipinski definition) is 8. The van der Waals surface area contributed by atoms with Crippen LogP contribution in [0.2, 0.25) is 0 Å². The van der Waals surface area contributed by atoms with E-state index in [9.17, 15) is 15.0 Å². The van der Waals surface area contributed by atoms with E-state index in [1.807, 2.05) is 30.5 Å². The Morgan fingerprint density at radius 2 is 2.14 bits per heavy atom. The van der Waals surface area contributed by atoms with E-state index in [1.54, 1.807) is 34.7 Å². The standard InChI is InChI=1S/C24H26N8O5/c1-25-23-30-21-17(20-26-8-9-31(20)23)29-12-32(21)22-19(34)18(33)16(37-22)11-36-24(35)27-7-6-13-10-28-15-5-3-2-4-14(13)15/h2-5,8-10,12,16,18-19,22,28,33-34H,6-7,11H2,1H3,(H2,25,26,27,30,35)/p+1/t16-,18-,19-,22-/m1/s1. The molecule has 0 bridgehead atoms. The number of aromatic nitrogens is 6. The van der Waals surface area contributed by atoms with Crippen molar-refractivity contribution in [2.45, 2.75) is 31.0 Å². The number of aromatic amines is 2. The third kappa shape index (κ3) is 4.02. The minimum atomic E-state index is -1.27. The summed E-state index contributed by atoms with van der Waals surface area (Å²) in [7, 11) is 1.74. The van der Waals surface area contributed by atoms with Crippen molar-refractivity contribution in [3.8, 4) is 0 Å². The van der Waals surface area contributed by atoms with Crippen LogP contribution in [0, 0.1) is 0 Å². The summed E-state index contributed by atoms with van der Waals surface area (Å²) in [4.78, 5) is 27.5. The van der Waals surface area contributed by atoms with Gasteiger partial charge in [-0.25, -0.2) is 14.3 Å². The molecule has 4 aromatic heterocycles. The maximum absolute atomic E-state index is 12.3. The number of ether oxygens (including phenoxy) is 2. The number of imidazole rings is 2. The zero-order valence-corrected chi connectivity index (χ0v) is 20.0. The maximum Gasteiger partial charge on any atom is 0.407 e. The quantitative estimate of drug-likeness (QED) is 0.174. The average Bonchev–Trinajstić information content (AvgIpc) is 3.69. The van der Waals surface area contributed by atoms with Crippen LogP contribution in [-0.4, -0.2) is 79.2 Å². The van der Waals surface area contributed by atoms with Gasteiger partial charge in [-0.05, 0) is 18.1 Å². The van der Waals surface area contributed by atoms with Gasteiger partial charge in [0, 0.05) is 43.1 Å². The van der Waals surface area contributed by atoms with Gasteiger partial charge in [0.25, 0.3) is 5.95 Å². The van der Waals surface area contributed by atoms with Crippen LogP contribution in [-0.2, 0) is 15.9 Å². The van der Waals surface area contributed by atoms with Crippen molar-refractivity contribution in [1.29, 1.82) is 0 Å². The monoisotopic (exact) mass is 507 g/mol. The Morgan fingerprint density at radius 1 is 1.27 bits per heavy atom. The van der Waals surface area contributed by atoms with Gasteiger partial charge in [0.05, 0.1) is 0 Å². The van der Waals surface area contributed by atoms with E-state index < -0.39 is 30.6 Å². The van der Waals surface area contributed by atoms with E-state index in [0.29, 0.717) is 35.7 Å². The first-order chi connectivity index (χ1) is 18.0. The largest absolute Gasteiger partial charge is 0.447 e. The minimum Gasteiger partial charge on any atom is -0.447 e. The second-order valence-corrected chi connectivity index (χ2v) is 8.87. The SMILES string of the molecule is CNc1nc2c([nH]c[n+]2[C@@H]2O[C@H](COC(=O)NCCc3c[nH]c4ccccc34)[C@@H](O)[C@H]2O)c2nccn12. The number of nitrogens with one attached hydrogen (secondary N) is 4. The normalized spacial score (nSPS) is 21.7. The number of H-pyrrole nitrogens is 2. The van der Waals surface area contributed by atoms with E-state index in [2.05, 4.69) is 30.6 Å². The number of aliphatic hydroxyl groups excluding tert-OH is 2. The maximum atomic E-state index is 12.3. The fourth-order valence-electron chi connectivity index (χ4n) is 4.79. The molecule has 0 unspecified atom stereocenters. The van der Waals surface area contributed by atoms with Gasteiger partial charge in [-0.3, -0.25) is 9.38 Å². The van der Waals surface area contributed by atoms with Crippen LogP contribution < -0.4 is 15.2 Å². The van der Waals surface area contributed by atoms with Crippen molar-refractivity contribution in [3.05, 3.63) is 54.7 Å². The molecular weight excluding hydrogens is 480 g/mol. The first kappa shape index (κ1) is 23.2. The van der Waals surface area contributed by atoms with Crippen LogP contribution in [0.3, 0.4) is 0 Å². The molecule has 13 nitrogen and oxygen atoms in total. The predicted molar refractivity (Wildman–Crippen MR) is 132 cm³/mol. The van der Waals surface area contributed by atoms with Crippen molar-refractivity contribution in [2.75, 3.05) is 25.5 Å². The van der Waals surface area contributed by atoms with Gasteiger partial charge in [-0.2, -0.15) is 0 Å². The number of fused-ring (bicyclic) bond motifs is 4. The van der Waals surface area contributed by atoms with Crippen LogP contribution in [0.15, 0.2) is 49.2 Å². The topological polar surface area (TPSA) is 166 Å². The number of carbonyl (C=O) groups is 1. The van der Waals surface area contributed by atoms with Gasteiger partial charge in [0.15, 0.2) is 12.0 Å². The van der Waals surface area contributed by atoms with E-state index in [0.717, 1.165) is 16.5 Å². The number of alkyl carbamates (subject to hydrolysis) is 1. The third-order valence-corrected chi connectivity index (χ3v) is 6.67. The summed E-state index contributed by atoms with van der Waals surface area (Å²) in [5.41, 5.74) is 3.90. The van der Waals surface area contributed by atoms with E-state index >= 15 is 0 Å². The molecule has 192 valence electrons. The molecule has 1 fully saturated rings. The number of hydrogen-bond donors (Lipinski definition) is 6. The Kier molecular flexibility index (Phi) is 5.87. The van der Waals surface area contributed by atoms with Crippen LogP contribution in [0.1, 0.15) is 11.8 Å². The number of benzene rings is 1. The summed E-state index contributed by atoms with van der Waals surface area (Å²) < 4.78 is 14.6. The molecule has 0 saturated carbocycles. The molecule has 1 saturated heterocycles. The number of amides is 1. The summed E-state index contributed by atoms with van der Waals surface area (Å²) in [6.45, 7) is 0.156. The lowest BCUT2D eigenvalue weighted by Gasteiger charge is -2.14. The van der Waals surface area contributed by atoms with Gasteiger partial charge in [0.2, 0.25) is 11.7 Å². The summed E-state index contributed by atoms with van der Waals surface area (Å²) in [6, 6.07) is 7.96. The second-order valence-electron chi connectivity index (χ2n) is 8.87. The Bertz CT molecular complexity index is 1580. The highest BCUT2D eigenvalue weighted by atomic mass is 16.6. The molecule has 37 heavy (non-hydrogen) atoms. The third-order valence-electron chi connectivity index (χ3n) is 6.67. The number of aliphatic hydroxyl groups is 2. The average molecular weight is 508 g/mol. The molecule has 6 rings (SSSR count). The Balaban J connectivity index is 1.09. The molecule has 5 heterocycles. The molecule has 1 aliphatic heterocycles. The van der Waals surface area contributed by atoms with Gasteiger partial charge in [0.1, 0.15) is 24.9 Å². The molecule has 4 atom stereocenters. The van der Waals surface area contributed by atoms with Crippen molar-refractivity contribution in [1.82, 2.24) is 29.7 Å². The van der Waals surface area contributed by atoms with Crippen LogP contribution in [0.5, 0.6) is 0 Å². The van der Waals surface area contributed by atoms with Crippen LogP contribution in [0.25, 0.3) is 27.7 Å². The van der Waals surface area contributed by atoms with Crippen molar-refractivity contribution < 1.29 is 29.0 Å². The second kappa shape index (κ2) is 9.35. The van der Waals surface area contributed by atoms with E-state index in [4.69, 9.17) is 9.47 Å². The zero-order chi connectivity index (χ0) is 25.5. The van der Waals surface area contributed by atoms with E-state index in [1.165, 1.54) is 0 Å². The van der Waals surface area contributed by atoms with Crippen LogP contribution in [0.4, 0.5) is 10.7 Å². The van der Waals surface area contributed by atoms with Gasteiger partial charge < -0.3 is 35.3 Å². The first-order valence-electron chi connectivity index (χ1n) is 12.0. The summed E-state index contributed by atoms with van der Waals surface area (Å²) >= 11 is 0. The number of anilines is 1. The fraction of sp³-hybridized carbons (Fsp3) is 0.333. The molecule has 0 spiro atoms. The molecule has 0 aliphatic carbocycles. The predicted octanol–water partition coefficient (Wildman–Crippen LogP) is 0.609. The number of rotatable bonds is 7. The Labute approximate surface area is 210 Å². The smallest absolute Gasteiger partial charge is 0.407 e. The molecular formula is C24H27N8O5+. The van der Waals surface area contributed by atoms with Gasteiger partial charge in [-0.1, -0.05) is 23.2 Å². The number of nitrogens with zero attached hydrogens (tertiary/aromatic N) is 4. The van der Waals surface area contributed by atoms with Crippen molar-refractivity contribution in [3.63, 3.8) is 0 Å². The lowest BCUT2D eigenvalue weighted by Crippen LogP contribution is -2.45. The minimum absolute atomic E-state index is 0.226. The Hall–Kier alpha value is -4.20. The lowest BCUT2D eigenvalue weighted by molar-refractivity contribution is -0.745. The molecule has 1 amide bonds. The van der Waals surface area contributed by atoms with Crippen LogP contribution >= 0.6 is 0 Å². The summed E-state index contributed by atoms with van der Waals surface area (Å²) in [5, 5.41) is 28.2. The summed E-state index contributed by atoms with van der Waals surface area (Å²) in [6.07, 6.45) is 2.57. The first-order valence-corrected chi connectivity index (χ1v) is 12.0. The highest BCUT2D eigenvalue weighted by molar-refractivity contribution is 5.84. The van der Waals surface area contributed by atoms with Crippen molar-refractivity contribution in [2.24, 2.45) is 0 Å². The fourth-order valence-corrected chi connectivity index (χ4v) is 4.79. The van der Waals surface area contributed by atoms with Gasteiger partial charge >= 0.3 is 11.7 Å². The highest BCUT2D eigenvalue weighted by Gasteiger charge is 2.47. The molecule has 6 N–H and O–H groups in total. The molecule has 13 heteroatoms. The summed E-state index contributed by atoms with van der Waals surface area (Å²) in [5.74, 6) is 0.547. The Morgan fingerprint density at radius 3 is 3.00 bits per heavy atom. The number of para-hydroxylation sites is 1. The molecule has 5 aromatic rings. The zero-order valence-electron chi connectivity index (χ0n) is 20.0.